The van der Waals surface area contributed by atoms with Crippen molar-refractivity contribution < 1.29 is 26.0 Å². The molecule has 170 valence electrons. The van der Waals surface area contributed by atoms with Crippen LogP contribution in [0.2, 0.25) is 0 Å². The standard InChI is InChI=1S/C22H24N2O6S2/c1-14-17(19-13-16-9-5-6-10-18(16)30-19)11-12-20(21(14)31(23,26)27)32(28,29)24-22(25)15-7-3-2-4-8-15/h5-6,9-13,15H,2-4,7-8H2,1H3,(H,24,25)(H2,23,26,27). The molecule has 1 aliphatic rings. The average molecular weight is 477 g/mol. The molecule has 4 rings (SSSR count). The summed E-state index contributed by atoms with van der Waals surface area (Å²) in [7, 11) is -8.90. The molecule has 3 N–H and O–H groups in total. The van der Waals surface area contributed by atoms with E-state index in [-0.39, 0.29) is 5.56 Å². The monoisotopic (exact) mass is 476 g/mol. The van der Waals surface area contributed by atoms with E-state index in [0.717, 1.165) is 30.7 Å². The molecule has 0 saturated heterocycles. The van der Waals surface area contributed by atoms with Crippen LogP contribution in [0.5, 0.6) is 0 Å². The molecule has 0 radical (unpaired) electrons. The summed E-state index contributed by atoms with van der Waals surface area (Å²) in [4.78, 5) is 11.4. The Hall–Kier alpha value is -2.69. The minimum Gasteiger partial charge on any atom is -0.456 e. The molecule has 0 atom stereocenters. The molecule has 1 heterocycles. The van der Waals surface area contributed by atoms with Gasteiger partial charge in [-0.25, -0.2) is 26.7 Å². The van der Waals surface area contributed by atoms with Gasteiger partial charge < -0.3 is 4.42 Å². The van der Waals surface area contributed by atoms with Crippen molar-refractivity contribution in [3.05, 3.63) is 48.0 Å². The van der Waals surface area contributed by atoms with Crippen LogP contribution in [0.25, 0.3) is 22.3 Å². The first-order valence-electron chi connectivity index (χ1n) is 10.3. The summed E-state index contributed by atoms with van der Waals surface area (Å²) < 4.78 is 58.8. The molecule has 1 amide bonds. The van der Waals surface area contributed by atoms with Gasteiger partial charge in [0.2, 0.25) is 15.9 Å². The first-order chi connectivity index (χ1) is 15.1. The lowest BCUT2D eigenvalue weighted by atomic mass is 9.89. The molecular weight excluding hydrogens is 452 g/mol. The second-order valence-electron chi connectivity index (χ2n) is 8.06. The van der Waals surface area contributed by atoms with E-state index >= 15 is 0 Å². The molecule has 1 fully saturated rings. The van der Waals surface area contributed by atoms with Gasteiger partial charge in [-0.1, -0.05) is 37.5 Å². The molecule has 1 saturated carbocycles. The highest BCUT2D eigenvalue weighted by Gasteiger charge is 2.32. The van der Waals surface area contributed by atoms with Crippen LogP contribution >= 0.6 is 0 Å². The van der Waals surface area contributed by atoms with Gasteiger partial charge in [0.25, 0.3) is 10.0 Å². The number of nitrogens with two attached hydrogens (primary N) is 1. The SMILES string of the molecule is Cc1c(-c2cc3ccccc3o2)ccc(S(=O)(=O)NC(=O)C2CCCCC2)c1S(N)(=O)=O. The number of carbonyl (C=O) groups is 1. The summed E-state index contributed by atoms with van der Waals surface area (Å²) in [5.74, 6) is -0.653. The number of hydrogen-bond acceptors (Lipinski definition) is 6. The highest BCUT2D eigenvalue weighted by Crippen LogP contribution is 2.35. The number of nitrogens with one attached hydrogen (secondary N) is 1. The molecule has 10 heteroatoms. The molecular formula is C22H24N2O6S2. The van der Waals surface area contributed by atoms with Crippen molar-refractivity contribution in [2.24, 2.45) is 11.1 Å². The van der Waals surface area contributed by atoms with Crippen molar-refractivity contribution >= 4 is 36.9 Å². The summed E-state index contributed by atoms with van der Waals surface area (Å²) in [6, 6.07) is 11.6. The van der Waals surface area contributed by atoms with Gasteiger partial charge in [0.15, 0.2) is 0 Å². The van der Waals surface area contributed by atoms with Gasteiger partial charge in [-0.2, -0.15) is 0 Å². The van der Waals surface area contributed by atoms with E-state index in [4.69, 9.17) is 9.56 Å². The van der Waals surface area contributed by atoms with Gasteiger partial charge in [-0.05, 0) is 49.6 Å². The summed E-state index contributed by atoms with van der Waals surface area (Å²) in [6.07, 6.45) is 3.92. The minimum atomic E-state index is -4.46. The van der Waals surface area contributed by atoms with E-state index < -0.39 is 41.7 Å². The molecule has 32 heavy (non-hydrogen) atoms. The predicted molar refractivity (Wildman–Crippen MR) is 120 cm³/mol. The Morgan fingerprint density at radius 3 is 2.38 bits per heavy atom. The van der Waals surface area contributed by atoms with E-state index in [2.05, 4.69) is 4.72 Å². The number of benzene rings is 2. The van der Waals surface area contributed by atoms with Crippen molar-refractivity contribution in [2.45, 2.75) is 48.8 Å². The van der Waals surface area contributed by atoms with Crippen LogP contribution in [0.4, 0.5) is 0 Å². The molecule has 2 aromatic carbocycles. The third kappa shape index (κ3) is 4.30. The zero-order valence-electron chi connectivity index (χ0n) is 17.5. The third-order valence-electron chi connectivity index (χ3n) is 5.85. The zero-order chi connectivity index (χ0) is 23.1. The molecule has 3 aromatic rings. The first-order valence-corrected chi connectivity index (χ1v) is 13.3. The van der Waals surface area contributed by atoms with Crippen LogP contribution in [0.3, 0.4) is 0 Å². The first kappa shape index (κ1) is 22.5. The lowest BCUT2D eigenvalue weighted by Crippen LogP contribution is -2.37. The molecule has 0 bridgehead atoms. The molecule has 0 spiro atoms. The molecule has 0 unspecified atom stereocenters. The van der Waals surface area contributed by atoms with Gasteiger partial charge in [0.05, 0.1) is 0 Å². The number of rotatable bonds is 5. The summed E-state index contributed by atoms with van der Waals surface area (Å²) >= 11 is 0. The fourth-order valence-corrected chi connectivity index (χ4v) is 7.00. The number of sulfonamides is 2. The van der Waals surface area contributed by atoms with Gasteiger partial charge in [0, 0.05) is 16.9 Å². The van der Waals surface area contributed by atoms with Crippen molar-refractivity contribution in [1.82, 2.24) is 4.72 Å². The van der Waals surface area contributed by atoms with Crippen LogP contribution in [0.1, 0.15) is 37.7 Å². The van der Waals surface area contributed by atoms with E-state index in [0.29, 0.717) is 29.7 Å². The Balaban J connectivity index is 1.79. The van der Waals surface area contributed by atoms with Crippen molar-refractivity contribution in [1.29, 1.82) is 0 Å². The molecule has 1 aromatic heterocycles. The van der Waals surface area contributed by atoms with Crippen molar-refractivity contribution in [2.75, 3.05) is 0 Å². The number of fused-ring (bicyclic) bond motifs is 1. The molecule has 0 aliphatic heterocycles. The summed E-state index contributed by atoms with van der Waals surface area (Å²) in [6.45, 7) is 1.46. The number of primary sulfonamides is 1. The Morgan fingerprint density at radius 2 is 1.72 bits per heavy atom. The lowest BCUT2D eigenvalue weighted by Gasteiger charge is -2.21. The predicted octanol–water partition coefficient (Wildman–Crippen LogP) is 3.44. The number of amides is 1. The molecule has 1 aliphatic carbocycles. The Morgan fingerprint density at radius 1 is 1.03 bits per heavy atom. The van der Waals surface area contributed by atoms with Gasteiger partial charge in [0.1, 0.15) is 21.1 Å². The van der Waals surface area contributed by atoms with Crippen LogP contribution in [-0.4, -0.2) is 22.7 Å². The Kier molecular flexibility index (Phi) is 5.87. The van der Waals surface area contributed by atoms with Crippen LogP contribution in [0, 0.1) is 12.8 Å². The molecule has 8 nitrogen and oxygen atoms in total. The number of carbonyl (C=O) groups excluding carboxylic acids is 1. The maximum absolute atomic E-state index is 13.0. The average Bonchev–Trinajstić information content (AvgIpc) is 3.16. The summed E-state index contributed by atoms with van der Waals surface area (Å²) in [5, 5.41) is 6.23. The van der Waals surface area contributed by atoms with Crippen molar-refractivity contribution in [3.8, 4) is 11.3 Å². The van der Waals surface area contributed by atoms with Crippen LogP contribution in [-0.2, 0) is 24.8 Å². The van der Waals surface area contributed by atoms with Gasteiger partial charge in [-0.3, -0.25) is 4.79 Å². The quantitative estimate of drug-likeness (QED) is 0.579. The smallest absolute Gasteiger partial charge is 0.265 e. The maximum Gasteiger partial charge on any atom is 0.265 e. The van der Waals surface area contributed by atoms with Gasteiger partial charge >= 0.3 is 0 Å². The van der Waals surface area contributed by atoms with E-state index in [1.165, 1.54) is 13.0 Å². The topological polar surface area (TPSA) is 137 Å². The van der Waals surface area contributed by atoms with E-state index in [1.54, 1.807) is 12.1 Å². The van der Waals surface area contributed by atoms with E-state index in [9.17, 15) is 21.6 Å². The number of para-hydroxylation sites is 1. The highest BCUT2D eigenvalue weighted by molar-refractivity contribution is 7.92. The number of furan rings is 1. The van der Waals surface area contributed by atoms with Crippen LogP contribution < -0.4 is 9.86 Å². The maximum atomic E-state index is 13.0. The second kappa shape index (κ2) is 8.34. The van der Waals surface area contributed by atoms with Crippen molar-refractivity contribution in [3.63, 3.8) is 0 Å². The highest BCUT2D eigenvalue weighted by atomic mass is 32.2. The fourth-order valence-electron chi connectivity index (χ4n) is 4.25. The van der Waals surface area contributed by atoms with E-state index in [1.807, 2.05) is 18.2 Å². The third-order valence-corrected chi connectivity index (χ3v) is 8.46. The largest absolute Gasteiger partial charge is 0.456 e. The fraction of sp³-hybridized carbons (Fsp3) is 0.318. The van der Waals surface area contributed by atoms with Crippen LogP contribution in [0.15, 0.2) is 56.7 Å². The zero-order valence-corrected chi connectivity index (χ0v) is 19.1. The second-order valence-corrected chi connectivity index (χ2v) is 11.2. The Bertz CT molecular complexity index is 1370. The number of hydrogen-bond donors (Lipinski definition) is 2. The minimum absolute atomic E-state index is 0.125. The Labute approximate surface area is 186 Å². The van der Waals surface area contributed by atoms with Gasteiger partial charge in [-0.15, -0.1) is 0 Å². The lowest BCUT2D eigenvalue weighted by molar-refractivity contribution is -0.124. The summed E-state index contributed by atoms with van der Waals surface area (Å²) in [5.41, 5.74) is 1.12. The normalized spacial score (nSPS) is 15.7.